The van der Waals surface area contributed by atoms with Crippen LogP contribution in [0.15, 0.2) is 47.6 Å². The van der Waals surface area contributed by atoms with E-state index >= 15 is 0 Å². The number of halogens is 1. The molecule has 1 aliphatic heterocycles. The number of ether oxygens (including phenoxy) is 1. The van der Waals surface area contributed by atoms with E-state index in [4.69, 9.17) is 9.73 Å². The first-order valence-electron chi connectivity index (χ1n) is 10.8. The number of aliphatic imine (C=N–C) groups is 1. The Bertz CT molecular complexity index is 859. The zero-order valence-electron chi connectivity index (χ0n) is 18.6. The van der Waals surface area contributed by atoms with Gasteiger partial charge in [0.2, 0.25) is 0 Å². The summed E-state index contributed by atoms with van der Waals surface area (Å²) in [7, 11) is 4.06. The molecule has 2 heterocycles. The number of likely N-dealkylation sites (N-methyl/N-ethyl adjacent to an activating group) is 1. The van der Waals surface area contributed by atoms with Crippen molar-refractivity contribution in [3.63, 3.8) is 0 Å². The minimum absolute atomic E-state index is 0.180. The van der Waals surface area contributed by atoms with Crippen molar-refractivity contribution in [1.29, 1.82) is 0 Å². The molecule has 0 aliphatic carbocycles. The van der Waals surface area contributed by atoms with Crippen LogP contribution in [0.2, 0.25) is 0 Å². The van der Waals surface area contributed by atoms with E-state index in [9.17, 15) is 4.39 Å². The van der Waals surface area contributed by atoms with Crippen molar-refractivity contribution < 1.29 is 9.13 Å². The van der Waals surface area contributed by atoms with E-state index in [2.05, 4.69) is 20.5 Å². The number of nitrogens with zero attached hydrogens (tertiary/aromatic N) is 4. The minimum atomic E-state index is -0.281. The van der Waals surface area contributed by atoms with Gasteiger partial charge in [0.25, 0.3) is 0 Å². The van der Waals surface area contributed by atoms with Gasteiger partial charge in [0.05, 0.1) is 6.54 Å². The molecule has 2 N–H and O–H groups in total. The summed E-state index contributed by atoms with van der Waals surface area (Å²) in [4.78, 5) is 13.0. The molecule has 0 bridgehead atoms. The molecule has 1 aliphatic rings. The first-order chi connectivity index (χ1) is 15.0. The predicted molar refractivity (Wildman–Crippen MR) is 123 cm³/mol. The lowest BCUT2D eigenvalue weighted by Gasteiger charge is -2.20. The van der Waals surface area contributed by atoms with E-state index in [0.717, 1.165) is 43.3 Å². The van der Waals surface area contributed by atoms with E-state index in [1.165, 1.54) is 6.07 Å². The number of anilines is 1. The number of pyridine rings is 1. The summed E-state index contributed by atoms with van der Waals surface area (Å²) in [6.45, 7) is 6.33. The molecule has 31 heavy (non-hydrogen) atoms. The molecule has 1 saturated heterocycles. The van der Waals surface area contributed by atoms with Crippen molar-refractivity contribution in [1.82, 2.24) is 20.5 Å². The molecule has 1 aromatic heterocycles. The number of aromatic nitrogens is 1. The van der Waals surface area contributed by atoms with Crippen LogP contribution in [0, 0.1) is 5.82 Å². The van der Waals surface area contributed by atoms with Crippen LogP contribution >= 0.6 is 0 Å². The van der Waals surface area contributed by atoms with Crippen LogP contribution < -0.4 is 20.3 Å². The van der Waals surface area contributed by atoms with Crippen molar-refractivity contribution in [3.05, 3.63) is 54.0 Å². The highest BCUT2D eigenvalue weighted by atomic mass is 19.1. The molecule has 168 valence electrons. The first-order valence-corrected chi connectivity index (χ1v) is 10.8. The van der Waals surface area contributed by atoms with Crippen LogP contribution in [-0.2, 0) is 6.54 Å². The number of rotatable bonds is 9. The summed E-state index contributed by atoms with van der Waals surface area (Å²) in [5.74, 6) is 1.75. The second kappa shape index (κ2) is 11.5. The van der Waals surface area contributed by atoms with Gasteiger partial charge in [-0.25, -0.2) is 14.4 Å². The number of guanidine groups is 1. The third-order valence-corrected chi connectivity index (χ3v) is 5.04. The van der Waals surface area contributed by atoms with Crippen molar-refractivity contribution >= 4 is 11.8 Å². The van der Waals surface area contributed by atoms with E-state index in [1.807, 2.05) is 50.2 Å². The summed E-state index contributed by atoms with van der Waals surface area (Å²) < 4.78 is 19.9. The Labute approximate surface area is 184 Å². The minimum Gasteiger partial charge on any atom is -0.492 e. The Morgan fingerprint density at radius 3 is 2.97 bits per heavy atom. The van der Waals surface area contributed by atoms with E-state index < -0.39 is 0 Å². The van der Waals surface area contributed by atoms with Gasteiger partial charge in [-0.15, -0.1) is 0 Å². The van der Waals surface area contributed by atoms with Gasteiger partial charge in [-0.1, -0.05) is 12.1 Å². The fourth-order valence-corrected chi connectivity index (χ4v) is 3.44. The summed E-state index contributed by atoms with van der Waals surface area (Å²) in [5, 5.41) is 6.78. The van der Waals surface area contributed by atoms with Crippen molar-refractivity contribution in [2.75, 3.05) is 51.8 Å². The molecule has 8 heteroatoms. The molecule has 0 radical (unpaired) electrons. The van der Waals surface area contributed by atoms with Gasteiger partial charge in [0, 0.05) is 38.4 Å². The molecule has 0 amide bonds. The van der Waals surface area contributed by atoms with Gasteiger partial charge < -0.3 is 25.2 Å². The molecule has 1 atom stereocenters. The first kappa shape index (κ1) is 22.8. The molecule has 0 spiro atoms. The zero-order valence-corrected chi connectivity index (χ0v) is 18.6. The highest BCUT2D eigenvalue weighted by Gasteiger charge is 2.25. The smallest absolute Gasteiger partial charge is 0.191 e. The number of nitrogens with one attached hydrogen (secondary N) is 2. The maximum Gasteiger partial charge on any atom is 0.191 e. The summed E-state index contributed by atoms with van der Waals surface area (Å²) in [6, 6.07) is 11.3. The third kappa shape index (κ3) is 7.10. The largest absolute Gasteiger partial charge is 0.492 e. The van der Waals surface area contributed by atoms with E-state index in [-0.39, 0.29) is 11.9 Å². The topological polar surface area (TPSA) is 65.0 Å². The Morgan fingerprint density at radius 2 is 2.19 bits per heavy atom. The summed E-state index contributed by atoms with van der Waals surface area (Å²) >= 11 is 0. The normalized spacial score (nSPS) is 16.6. The average Bonchev–Trinajstić information content (AvgIpc) is 3.21. The third-order valence-electron chi connectivity index (χ3n) is 5.04. The molecular formula is C23H33FN6O. The highest BCUT2D eigenvalue weighted by Crippen LogP contribution is 2.21. The quantitative estimate of drug-likeness (QED) is 0.473. The number of hydrogen-bond acceptors (Lipinski definition) is 5. The van der Waals surface area contributed by atoms with E-state index in [1.54, 1.807) is 12.3 Å². The maximum atomic E-state index is 14.0. The maximum absolute atomic E-state index is 14.0. The van der Waals surface area contributed by atoms with Gasteiger partial charge in [0.15, 0.2) is 17.6 Å². The standard InChI is InChI=1S/C23H33FN6O/c1-4-25-23(27-16-18-7-5-8-20(15-18)31-14-13-29(2)3)28-19-10-12-30(17-19)22-21(24)9-6-11-26-22/h5-9,11,15,19H,4,10,12-14,16-17H2,1-3H3,(H2,25,27,28). The molecular weight excluding hydrogens is 395 g/mol. The molecule has 0 saturated carbocycles. The predicted octanol–water partition coefficient (Wildman–Crippen LogP) is 2.50. The van der Waals surface area contributed by atoms with E-state index in [0.29, 0.717) is 25.5 Å². The average molecular weight is 429 g/mol. The molecule has 7 nitrogen and oxygen atoms in total. The number of hydrogen-bond donors (Lipinski definition) is 2. The van der Waals surface area contributed by atoms with Crippen LogP contribution in [0.5, 0.6) is 5.75 Å². The molecule has 1 fully saturated rings. The highest BCUT2D eigenvalue weighted by molar-refractivity contribution is 5.80. The summed E-state index contributed by atoms with van der Waals surface area (Å²) in [5.41, 5.74) is 1.09. The fraction of sp³-hybridized carbons (Fsp3) is 0.478. The lowest BCUT2D eigenvalue weighted by molar-refractivity contribution is 0.261. The SMILES string of the molecule is CCNC(=NCc1cccc(OCCN(C)C)c1)NC1CCN(c2ncccc2F)C1. The summed E-state index contributed by atoms with van der Waals surface area (Å²) in [6.07, 6.45) is 2.53. The van der Waals surface area contributed by atoms with Crippen molar-refractivity contribution in [2.24, 2.45) is 4.99 Å². The van der Waals surface area contributed by atoms with Gasteiger partial charge in [-0.2, -0.15) is 0 Å². The molecule has 2 aromatic rings. The monoisotopic (exact) mass is 428 g/mol. The Balaban J connectivity index is 1.56. The number of benzene rings is 1. The van der Waals surface area contributed by atoms with Crippen LogP contribution in [0.3, 0.4) is 0 Å². The Morgan fingerprint density at radius 1 is 1.32 bits per heavy atom. The molecule has 1 unspecified atom stereocenters. The van der Waals surface area contributed by atoms with Crippen LogP contribution in [0.1, 0.15) is 18.9 Å². The Hall–Kier alpha value is -2.87. The van der Waals surface area contributed by atoms with Crippen LogP contribution in [0.25, 0.3) is 0 Å². The zero-order chi connectivity index (χ0) is 22.1. The fourth-order valence-electron chi connectivity index (χ4n) is 3.44. The second-order valence-corrected chi connectivity index (χ2v) is 7.88. The van der Waals surface area contributed by atoms with Gasteiger partial charge >= 0.3 is 0 Å². The molecule has 3 rings (SSSR count). The van der Waals surface area contributed by atoms with Gasteiger partial charge in [0.1, 0.15) is 12.4 Å². The lowest BCUT2D eigenvalue weighted by atomic mass is 10.2. The molecule has 1 aromatic carbocycles. The van der Waals surface area contributed by atoms with Crippen LogP contribution in [0.4, 0.5) is 10.2 Å². The van der Waals surface area contributed by atoms with Crippen molar-refractivity contribution in [2.45, 2.75) is 25.9 Å². The van der Waals surface area contributed by atoms with Gasteiger partial charge in [-0.3, -0.25) is 0 Å². The lowest BCUT2D eigenvalue weighted by Crippen LogP contribution is -2.44. The van der Waals surface area contributed by atoms with Crippen LogP contribution in [-0.4, -0.2) is 68.8 Å². The second-order valence-electron chi connectivity index (χ2n) is 7.88. The Kier molecular flexibility index (Phi) is 8.46. The van der Waals surface area contributed by atoms with Crippen molar-refractivity contribution in [3.8, 4) is 5.75 Å². The van der Waals surface area contributed by atoms with Gasteiger partial charge in [-0.05, 0) is 57.3 Å².